The Balaban J connectivity index is 1.62. The quantitative estimate of drug-likeness (QED) is 0.574. The number of ether oxygens (including phenoxy) is 2. The summed E-state index contributed by atoms with van der Waals surface area (Å²) in [5.41, 5.74) is 8.11. The SMILES string of the molecule is CCOc1ccc(C[NH+](C)CC(=O)Nc2sc3c(c2C(N)=O)CCC3)cc1OC. The molecule has 0 bridgehead atoms. The van der Waals surface area contributed by atoms with E-state index in [2.05, 4.69) is 5.32 Å². The summed E-state index contributed by atoms with van der Waals surface area (Å²) in [6.07, 6.45) is 2.83. The summed E-state index contributed by atoms with van der Waals surface area (Å²) < 4.78 is 10.9. The van der Waals surface area contributed by atoms with Gasteiger partial charge in [-0.2, -0.15) is 0 Å². The van der Waals surface area contributed by atoms with Crippen molar-refractivity contribution in [2.75, 3.05) is 32.6 Å². The number of likely N-dealkylation sites (N-methyl/N-ethyl adjacent to an activating group) is 1. The van der Waals surface area contributed by atoms with Crippen LogP contribution in [0.2, 0.25) is 0 Å². The van der Waals surface area contributed by atoms with Crippen molar-refractivity contribution >= 4 is 28.2 Å². The van der Waals surface area contributed by atoms with Crippen LogP contribution in [-0.2, 0) is 24.2 Å². The van der Waals surface area contributed by atoms with Crippen LogP contribution in [0, 0.1) is 0 Å². The van der Waals surface area contributed by atoms with Gasteiger partial charge in [-0.3, -0.25) is 9.59 Å². The predicted octanol–water partition coefficient (Wildman–Crippen LogP) is 1.40. The van der Waals surface area contributed by atoms with E-state index in [-0.39, 0.29) is 12.5 Å². The Morgan fingerprint density at radius 1 is 1.28 bits per heavy atom. The minimum atomic E-state index is -0.470. The molecule has 2 amide bonds. The molecule has 2 aromatic rings. The highest BCUT2D eigenvalue weighted by molar-refractivity contribution is 7.17. The molecule has 0 saturated heterocycles. The van der Waals surface area contributed by atoms with E-state index in [1.165, 1.54) is 11.3 Å². The molecule has 1 aromatic heterocycles. The molecular weight excluding hydrogens is 390 g/mol. The van der Waals surface area contributed by atoms with Gasteiger partial charge in [0.25, 0.3) is 11.8 Å². The highest BCUT2D eigenvalue weighted by Crippen LogP contribution is 2.38. The maximum absolute atomic E-state index is 12.6. The van der Waals surface area contributed by atoms with E-state index in [0.717, 1.165) is 40.2 Å². The summed E-state index contributed by atoms with van der Waals surface area (Å²) in [6.45, 7) is 3.42. The number of aryl methyl sites for hydroxylation is 1. The number of primary amides is 1. The van der Waals surface area contributed by atoms with Gasteiger partial charge in [0.05, 0.1) is 26.3 Å². The number of rotatable bonds is 9. The third-order valence-electron chi connectivity index (χ3n) is 4.92. The Bertz CT molecular complexity index is 910. The van der Waals surface area contributed by atoms with E-state index in [4.69, 9.17) is 15.2 Å². The Labute approximate surface area is 174 Å². The van der Waals surface area contributed by atoms with Crippen molar-refractivity contribution in [2.24, 2.45) is 5.73 Å². The zero-order valence-corrected chi connectivity index (χ0v) is 17.9. The van der Waals surface area contributed by atoms with E-state index in [1.54, 1.807) is 7.11 Å². The predicted molar refractivity (Wildman–Crippen MR) is 113 cm³/mol. The van der Waals surface area contributed by atoms with Gasteiger partial charge < -0.3 is 25.4 Å². The van der Waals surface area contributed by atoms with Crippen molar-refractivity contribution in [3.05, 3.63) is 39.8 Å². The van der Waals surface area contributed by atoms with E-state index >= 15 is 0 Å². The second-order valence-corrected chi connectivity index (χ2v) is 8.31. The number of quaternary nitrogens is 1. The van der Waals surface area contributed by atoms with Crippen LogP contribution >= 0.6 is 11.3 Å². The zero-order chi connectivity index (χ0) is 21.0. The fourth-order valence-corrected chi connectivity index (χ4v) is 5.02. The second-order valence-electron chi connectivity index (χ2n) is 7.20. The van der Waals surface area contributed by atoms with Gasteiger partial charge in [0, 0.05) is 10.4 Å². The number of hydrogen-bond donors (Lipinski definition) is 3. The van der Waals surface area contributed by atoms with Crippen LogP contribution in [0.5, 0.6) is 11.5 Å². The van der Waals surface area contributed by atoms with Crippen molar-refractivity contribution < 1.29 is 24.0 Å². The monoisotopic (exact) mass is 418 g/mol. The molecule has 0 saturated carbocycles. The summed E-state index contributed by atoms with van der Waals surface area (Å²) in [5.74, 6) is 0.782. The third-order valence-corrected chi connectivity index (χ3v) is 6.12. The number of thiophene rings is 1. The standard InChI is InChI=1S/C21H27N3O4S/c1-4-28-15-9-8-13(10-16(15)27-3)11-24(2)12-18(25)23-21-19(20(22)26)14-6-5-7-17(14)29-21/h8-10H,4-7,11-12H2,1-3H3,(H2,22,26)(H,23,25)/p+1. The number of carbonyl (C=O) groups is 2. The first kappa shape index (κ1) is 21.1. The van der Waals surface area contributed by atoms with Crippen LogP contribution in [0.1, 0.15) is 39.7 Å². The second kappa shape index (κ2) is 9.28. The minimum absolute atomic E-state index is 0.136. The average Bonchev–Trinajstić information content (AvgIpc) is 3.23. The molecule has 7 nitrogen and oxygen atoms in total. The number of amides is 2. The van der Waals surface area contributed by atoms with E-state index < -0.39 is 5.91 Å². The summed E-state index contributed by atoms with van der Waals surface area (Å²) >= 11 is 1.48. The minimum Gasteiger partial charge on any atom is -0.493 e. The Morgan fingerprint density at radius 3 is 2.76 bits per heavy atom. The van der Waals surface area contributed by atoms with E-state index in [1.807, 2.05) is 32.2 Å². The first-order valence-corrected chi connectivity index (χ1v) is 10.6. The van der Waals surface area contributed by atoms with Gasteiger partial charge in [0.1, 0.15) is 11.5 Å². The van der Waals surface area contributed by atoms with Gasteiger partial charge in [-0.05, 0) is 49.9 Å². The zero-order valence-electron chi connectivity index (χ0n) is 17.1. The fraction of sp³-hybridized carbons (Fsp3) is 0.429. The number of fused-ring (bicyclic) bond motifs is 1. The van der Waals surface area contributed by atoms with Crippen molar-refractivity contribution in [3.63, 3.8) is 0 Å². The lowest BCUT2D eigenvalue weighted by atomic mass is 10.1. The molecule has 29 heavy (non-hydrogen) atoms. The molecule has 0 radical (unpaired) electrons. The molecule has 1 heterocycles. The van der Waals surface area contributed by atoms with Gasteiger partial charge >= 0.3 is 0 Å². The summed E-state index contributed by atoms with van der Waals surface area (Å²) in [6, 6.07) is 5.79. The topological polar surface area (TPSA) is 95.1 Å². The lowest BCUT2D eigenvalue weighted by Gasteiger charge is -2.15. The molecule has 1 aliphatic rings. The maximum Gasteiger partial charge on any atom is 0.280 e. The largest absolute Gasteiger partial charge is 0.493 e. The first-order valence-electron chi connectivity index (χ1n) is 9.78. The molecule has 0 aliphatic heterocycles. The lowest BCUT2D eigenvalue weighted by Crippen LogP contribution is -3.08. The molecule has 3 rings (SSSR count). The molecule has 156 valence electrons. The summed E-state index contributed by atoms with van der Waals surface area (Å²) in [5, 5.41) is 3.49. The van der Waals surface area contributed by atoms with Crippen LogP contribution in [0.3, 0.4) is 0 Å². The molecule has 0 fully saturated rings. The Hall–Kier alpha value is -2.58. The van der Waals surface area contributed by atoms with E-state index in [9.17, 15) is 9.59 Å². The average molecular weight is 419 g/mol. The smallest absolute Gasteiger partial charge is 0.280 e. The van der Waals surface area contributed by atoms with E-state index in [0.29, 0.717) is 35.2 Å². The van der Waals surface area contributed by atoms with Gasteiger partial charge in [-0.1, -0.05) is 0 Å². The number of methoxy groups -OCH3 is 1. The first-order chi connectivity index (χ1) is 13.9. The molecule has 1 atom stereocenters. The molecule has 0 spiro atoms. The molecule has 4 N–H and O–H groups in total. The number of anilines is 1. The number of carbonyl (C=O) groups excluding carboxylic acids is 2. The van der Waals surface area contributed by atoms with Gasteiger partial charge in [0.15, 0.2) is 18.0 Å². The normalized spacial score (nSPS) is 13.6. The molecule has 8 heteroatoms. The lowest BCUT2D eigenvalue weighted by molar-refractivity contribution is -0.885. The van der Waals surface area contributed by atoms with Crippen LogP contribution < -0.4 is 25.4 Å². The van der Waals surface area contributed by atoms with Crippen LogP contribution in [0.15, 0.2) is 18.2 Å². The number of nitrogens with one attached hydrogen (secondary N) is 2. The third kappa shape index (κ3) is 4.89. The van der Waals surface area contributed by atoms with Crippen molar-refractivity contribution in [1.82, 2.24) is 0 Å². The molecule has 1 aliphatic carbocycles. The Kier molecular flexibility index (Phi) is 6.76. The van der Waals surface area contributed by atoms with Crippen LogP contribution in [0.25, 0.3) is 0 Å². The van der Waals surface area contributed by atoms with Gasteiger partial charge in [-0.15, -0.1) is 11.3 Å². The summed E-state index contributed by atoms with van der Waals surface area (Å²) in [4.78, 5) is 26.6. The van der Waals surface area contributed by atoms with Crippen molar-refractivity contribution in [2.45, 2.75) is 32.7 Å². The highest BCUT2D eigenvalue weighted by atomic mass is 32.1. The van der Waals surface area contributed by atoms with Gasteiger partial charge in [0.2, 0.25) is 0 Å². The number of nitrogens with two attached hydrogens (primary N) is 1. The molecule has 1 aromatic carbocycles. The van der Waals surface area contributed by atoms with Crippen LogP contribution in [-0.4, -0.2) is 39.1 Å². The maximum atomic E-state index is 12.6. The Morgan fingerprint density at radius 2 is 2.07 bits per heavy atom. The highest BCUT2D eigenvalue weighted by Gasteiger charge is 2.26. The molecule has 1 unspecified atom stereocenters. The van der Waals surface area contributed by atoms with Crippen molar-refractivity contribution in [3.8, 4) is 11.5 Å². The fourth-order valence-electron chi connectivity index (χ4n) is 3.71. The van der Waals surface area contributed by atoms with Crippen LogP contribution in [0.4, 0.5) is 5.00 Å². The number of benzene rings is 1. The summed E-state index contributed by atoms with van der Waals surface area (Å²) in [7, 11) is 3.56. The molecular formula is C21H28N3O4S+. The van der Waals surface area contributed by atoms with Gasteiger partial charge in [-0.25, -0.2) is 0 Å². The van der Waals surface area contributed by atoms with Crippen molar-refractivity contribution in [1.29, 1.82) is 0 Å². The number of hydrogen-bond acceptors (Lipinski definition) is 5.